The molecule has 0 unspecified atom stereocenters. The van der Waals surface area contributed by atoms with E-state index in [2.05, 4.69) is 12.1 Å². The molecule has 0 aliphatic carbocycles. The van der Waals surface area contributed by atoms with Crippen LogP contribution >= 0.6 is 0 Å². The fourth-order valence-corrected chi connectivity index (χ4v) is 4.34. The number of carbonyl (C=O) groups is 1. The maximum atomic E-state index is 11.3. The van der Waals surface area contributed by atoms with Gasteiger partial charge in [0, 0.05) is 0 Å². The van der Waals surface area contributed by atoms with Crippen molar-refractivity contribution in [2.24, 2.45) is 0 Å². The number of hydrogen-bond donors (Lipinski definition) is 1. The van der Waals surface area contributed by atoms with E-state index < -0.39 is 27.2 Å². The first-order valence-corrected chi connectivity index (χ1v) is 7.37. The predicted molar refractivity (Wildman–Crippen MR) is 62.0 cm³/mol. The molecule has 1 N–H and O–H groups in total. The number of rotatable bonds is 3. The topological polar surface area (TPSA) is 37.3 Å². The Hall–Kier alpha value is -1.36. The molecule has 0 saturated carbocycles. The molecule has 0 aliphatic heterocycles. The van der Waals surface area contributed by atoms with Crippen molar-refractivity contribution in [1.29, 1.82) is 0 Å². The maximum absolute atomic E-state index is 11.3. The summed E-state index contributed by atoms with van der Waals surface area (Å²) in [5, 5.41) is 9.24. The van der Waals surface area contributed by atoms with Crippen molar-refractivity contribution in [2.75, 3.05) is 0 Å². The quantitative estimate of drug-likeness (QED) is 0.788. The van der Waals surface area contributed by atoms with Crippen molar-refractivity contribution in [2.45, 2.75) is 6.92 Å². The molecule has 0 atom stereocenters. The van der Waals surface area contributed by atoms with E-state index in [4.69, 9.17) is 0 Å². The monoisotopic (exact) mass is 339 g/mol. The Morgan fingerprint density at radius 1 is 1.06 bits per heavy atom. The Labute approximate surface area is 111 Å². The molecule has 2 aromatic rings. The van der Waals surface area contributed by atoms with Gasteiger partial charge in [-0.3, -0.25) is 0 Å². The molecule has 0 heterocycles. The Morgan fingerprint density at radius 3 is 2.41 bits per heavy atom. The summed E-state index contributed by atoms with van der Waals surface area (Å²) in [6.45, 7) is 1.85. The third-order valence-corrected chi connectivity index (χ3v) is 5.20. The number of carboxylic acid groups (broad SMARTS) is 1. The number of aromatic carboxylic acids is 1. The second kappa shape index (κ2) is 5.31. The fraction of sp³-hybridized carbons (Fsp3) is 0.0714. The van der Waals surface area contributed by atoms with Gasteiger partial charge in [0.1, 0.15) is 0 Å². The summed E-state index contributed by atoms with van der Waals surface area (Å²) >= 11 is -0.424. The molecular formula is C14H12IO2-. The SMILES string of the molecule is Cc1cccc([I-]c2ccccc2)c1C(=O)O. The zero-order valence-corrected chi connectivity index (χ0v) is 11.5. The number of hydrogen-bond acceptors (Lipinski definition) is 1. The van der Waals surface area contributed by atoms with Gasteiger partial charge in [-0.1, -0.05) is 0 Å². The van der Waals surface area contributed by atoms with Crippen molar-refractivity contribution in [1.82, 2.24) is 0 Å². The molecule has 0 fully saturated rings. The first kappa shape index (κ1) is 12.1. The molecule has 17 heavy (non-hydrogen) atoms. The van der Waals surface area contributed by atoms with E-state index in [0.29, 0.717) is 5.56 Å². The van der Waals surface area contributed by atoms with E-state index in [1.54, 1.807) is 0 Å². The molecular weight excluding hydrogens is 327 g/mol. The van der Waals surface area contributed by atoms with Crippen molar-refractivity contribution in [3.05, 3.63) is 66.8 Å². The Morgan fingerprint density at radius 2 is 1.76 bits per heavy atom. The fourth-order valence-electron chi connectivity index (χ4n) is 1.58. The second-order valence-corrected chi connectivity index (χ2v) is 6.57. The van der Waals surface area contributed by atoms with Crippen molar-refractivity contribution in [3.63, 3.8) is 0 Å². The van der Waals surface area contributed by atoms with Crippen LogP contribution in [0.3, 0.4) is 0 Å². The first-order chi connectivity index (χ1) is 8.18. The van der Waals surface area contributed by atoms with Crippen LogP contribution in [0.2, 0.25) is 0 Å². The average Bonchev–Trinajstić information content (AvgIpc) is 2.30. The van der Waals surface area contributed by atoms with Gasteiger partial charge in [-0.15, -0.1) is 0 Å². The van der Waals surface area contributed by atoms with Crippen LogP contribution in [0.4, 0.5) is 0 Å². The van der Waals surface area contributed by atoms with Crippen LogP contribution in [0.1, 0.15) is 15.9 Å². The summed E-state index contributed by atoms with van der Waals surface area (Å²) in [6, 6.07) is 15.8. The van der Waals surface area contributed by atoms with E-state index >= 15 is 0 Å². The number of carboxylic acids is 1. The molecule has 0 radical (unpaired) electrons. The number of benzene rings is 2. The summed E-state index contributed by atoms with van der Waals surface area (Å²) in [4.78, 5) is 11.3. The van der Waals surface area contributed by atoms with E-state index in [0.717, 1.165) is 9.13 Å². The molecule has 2 nitrogen and oxygen atoms in total. The third kappa shape index (κ3) is 2.85. The minimum atomic E-state index is -0.825. The Bertz CT molecular complexity index is 535. The van der Waals surface area contributed by atoms with E-state index in [-0.39, 0.29) is 0 Å². The molecule has 0 bridgehead atoms. The van der Waals surface area contributed by atoms with Crippen LogP contribution in [-0.4, -0.2) is 11.1 Å². The molecule has 0 spiro atoms. The van der Waals surface area contributed by atoms with Crippen LogP contribution in [0.5, 0.6) is 0 Å². The van der Waals surface area contributed by atoms with Crippen molar-refractivity contribution in [3.8, 4) is 0 Å². The normalized spacial score (nSPS) is 10.4. The summed E-state index contributed by atoms with van der Waals surface area (Å²) in [7, 11) is 0. The van der Waals surface area contributed by atoms with Gasteiger partial charge in [-0.2, -0.15) is 0 Å². The van der Waals surface area contributed by atoms with Gasteiger partial charge >= 0.3 is 111 Å². The Balaban J connectivity index is 2.40. The number of aryl methyl sites for hydroxylation is 1. The zero-order chi connectivity index (χ0) is 12.3. The summed E-state index contributed by atoms with van der Waals surface area (Å²) < 4.78 is 2.21. The first-order valence-electron chi connectivity index (χ1n) is 5.21. The standard InChI is InChI=1S/C14H12IO2/c1-10-6-5-9-12(13(10)14(16)17)15-11-7-3-2-4-8-11/h2-9H,1H3,(H,16,17)/q-1. The molecule has 0 saturated heterocycles. The summed E-state index contributed by atoms with van der Waals surface area (Å²) in [6.07, 6.45) is 0. The van der Waals surface area contributed by atoms with E-state index in [9.17, 15) is 9.90 Å². The summed E-state index contributed by atoms with van der Waals surface area (Å²) in [5.74, 6) is -0.825. The van der Waals surface area contributed by atoms with E-state index in [1.165, 1.54) is 3.57 Å². The van der Waals surface area contributed by atoms with E-state index in [1.807, 2.05) is 43.3 Å². The van der Waals surface area contributed by atoms with Crippen molar-refractivity contribution >= 4 is 5.97 Å². The van der Waals surface area contributed by atoms with Gasteiger partial charge in [-0.05, 0) is 0 Å². The zero-order valence-electron chi connectivity index (χ0n) is 9.35. The van der Waals surface area contributed by atoms with Gasteiger partial charge < -0.3 is 0 Å². The molecule has 2 aromatic carbocycles. The van der Waals surface area contributed by atoms with Crippen molar-refractivity contribution < 1.29 is 31.1 Å². The third-order valence-electron chi connectivity index (χ3n) is 2.38. The number of halogens is 1. The van der Waals surface area contributed by atoms with Gasteiger partial charge in [0.05, 0.1) is 0 Å². The molecule has 0 aliphatic rings. The van der Waals surface area contributed by atoms with Gasteiger partial charge in [0.25, 0.3) is 0 Å². The van der Waals surface area contributed by atoms with Crippen LogP contribution in [0.15, 0.2) is 48.5 Å². The van der Waals surface area contributed by atoms with Crippen LogP contribution in [0, 0.1) is 14.1 Å². The second-order valence-electron chi connectivity index (χ2n) is 3.63. The van der Waals surface area contributed by atoms with Gasteiger partial charge in [0.2, 0.25) is 0 Å². The molecule has 0 amide bonds. The van der Waals surface area contributed by atoms with Gasteiger partial charge in [-0.25, -0.2) is 0 Å². The molecule has 0 aromatic heterocycles. The summed E-state index contributed by atoms with van der Waals surface area (Å²) in [5.41, 5.74) is 1.31. The Kier molecular flexibility index (Phi) is 3.78. The molecule has 3 heteroatoms. The molecule has 88 valence electrons. The average molecular weight is 339 g/mol. The van der Waals surface area contributed by atoms with Gasteiger partial charge in [0.15, 0.2) is 0 Å². The molecule has 2 rings (SSSR count). The minimum absolute atomic E-state index is 0.424. The van der Waals surface area contributed by atoms with Crippen LogP contribution in [-0.2, 0) is 0 Å². The van der Waals surface area contributed by atoms with Crippen LogP contribution < -0.4 is 21.2 Å². The van der Waals surface area contributed by atoms with Crippen LogP contribution in [0.25, 0.3) is 0 Å². The predicted octanol–water partition coefficient (Wildman–Crippen LogP) is -0.178.